The fourth-order valence-electron chi connectivity index (χ4n) is 1.99. The van der Waals surface area contributed by atoms with Gasteiger partial charge in [0, 0.05) is 41.8 Å². The molecule has 1 rings (SSSR count). The van der Waals surface area contributed by atoms with Crippen LogP contribution in [0.25, 0.3) is 0 Å². The first-order valence-electron chi connectivity index (χ1n) is 5.89. The average molecular weight is 246 g/mol. The fraction of sp³-hybridized carbons (Fsp3) is 0.909. The zero-order valence-corrected chi connectivity index (χ0v) is 10.9. The Bertz CT molecular complexity index is 258. The first-order valence-corrected chi connectivity index (χ1v) is 7.62. The van der Waals surface area contributed by atoms with Gasteiger partial charge in [0.15, 0.2) is 0 Å². The van der Waals surface area contributed by atoms with Crippen LogP contribution in [0, 0.1) is 5.92 Å². The summed E-state index contributed by atoms with van der Waals surface area (Å²) in [6, 6.07) is 0.306. The molecule has 0 aliphatic carbocycles. The molecule has 1 amide bonds. The van der Waals surface area contributed by atoms with Gasteiger partial charge in [-0.15, -0.1) is 0 Å². The Balaban J connectivity index is 2.19. The van der Waals surface area contributed by atoms with E-state index in [0.717, 1.165) is 6.54 Å². The molecule has 1 heterocycles. The third kappa shape index (κ3) is 5.07. The molecular formula is C11H22N2O2S. The second-order valence-corrected chi connectivity index (χ2v) is 6.07. The van der Waals surface area contributed by atoms with E-state index in [0.29, 0.717) is 30.7 Å². The second-order valence-electron chi connectivity index (χ2n) is 4.51. The van der Waals surface area contributed by atoms with Gasteiger partial charge in [-0.3, -0.25) is 9.00 Å². The van der Waals surface area contributed by atoms with E-state index in [1.54, 1.807) is 6.26 Å². The van der Waals surface area contributed by atoms with Gasteiger partial charge in [-0.25, -0.2) is 0 Å². The minimum atomic E-state index is -0.826. The zero-order chi connectivity index (χ0) is 12.0. The summed E-state index contributed by atoms with van der Waals surface area (Å²) in [6.07, 6.45) is 4.59. The molecule has 1 aliphatic rings. The highest BCUT2D eigenvalue weighted by Gasteiger charge is 2.22. The highest BCUT2D eigenvalue weighted by atomic mass is 32.2. The van der Waals surface area contributed by atoms with E-state index in [2.05, 4.69) is 17.6 Å². The lowest BCUT2D eigenvalue weighted by molar-refractivity contribution is -0.121. The first kappa shape index (κ1) is 13.6. The van der Waals surface area contributed by atoms with Crippen LogP contribution >= 0.6 is 0 Å². The van der Waals surface area contributed by atoms with Crippen molar-refractivity contribution in [1.29, 1.82) is 0 Å². The summed E-state index contributed by atoms with van der Waals surface area (Å²) in [7, 11) is -0.826. The van der Waals surface area contributed by atoms with E-state index < -0.39 is 10.8 Å². The molecule has 0 aromatic heterocycles. The Morgan fingerprint density at radius 3 is 2.94 bits per heavy atom. The molecule has 16 heavy (non-hydrogen) atoms. The Kier molecular flexibility index (Phi) is 5.98. The third-order valence-electron chi connectivity index (χ3n) is 3.05. The molecule has 0 aromatic rings. The average Bonchev–Trinajstić information content (AvgIpc) is 2.21. The number of hydrogen-bond donors (Lipinski definition) is 2. The maximum Gasteiger partial charge on any atom is 0.221 e. The van der Waals surface area contributed by atoms with E-state index in [4.69, 9.17) is 0 Å². The van der Waals surface area contributed by atoms with E-state index in [9.17, 15) is 9.00 Å². The summed E-state index contributed by atoms with van der Waals surface area (Å²) in [5.74, 6) is 1.18. The van der Waals surface area contributed by atoms with Crippen LogP contribution in [0.3, 0.4) is 0 Å². The Morgan fingerprint density at radius 2 is 2.31 bits per heavy atom. The Morgan fingerprint density at radius 1 is 1.56 bits per heavy atom. The van der Waals surface area contributed by atoms with Gasteiger partial charge in [0.25, 0.3) is 0 Å². The van der Waals surface area contributed by atoms with Crippen LogP contribution < -0.4 is 10.6 Å². The molecule has 0 radical (unpaired) electrons. The van der Waals surface area contributed by atoms with Crippen molar-refractivity contribution in [3.8, 4) is 0 Å². The van der Waals surface area contributed by atoms with Gasteiger partial charge in [0.1, 0.15) is 0 Å². The predicted octanol–water partition coefficient (Wildman–Crippen LogP) is 0.259. The van der Waals surface area contributed by atoms with Crippen molar-refractivity contribution in [3.05, 3.63) is 0 Å². The second kappa shape index (κ2) is 7.01. The number of amides is 1. The smallest absolute Gasteiger partial charge is 0.221 e. The molecule has 4 nitrogen and oxygen atoms in total. The van der Waals surface area contributed by atoms with Crippen LogP contribution in [0.2, 0.25) is 0 Å². The van der Waals surface area contributed by atoms with Crippen molar-refractivity contribution in [2.75, 3.05) is 25.1 Å². The van der Waals surface area contributed by atoms with Crippen LogP contribution in [0.1, 0.15) is 26.2 Å². The molecule has 0 bridgehead atoms. The van der Waals surface area contributed by atoms with Gasteiger partial charge >= 0.3 is 0 Å². The summed E-state index contributed by atoms with van der Waals surface area (Å²) >= 11 is 0. The lowest BCUT2D eigenvalue weighted by atomic mass is 9.90. The molecule has 1 saturated heterocycles. The van der Waals surface area contributed by atoms with Crippen LogP contribution in [0.5, 0.6) is 0 Å². The van der Waals surface area contributed by atoms with Gasteiger partial charge < -0.3 is 10.6 Å². The third-order valence-corrected chi connectivity index (χ3v) is 3.83. The van der Waals surface area contributed by atoms with Crippen molar-refractivity contribution in [1.82, 2.24) is 10.6 Å². The molecule has 94 valence electrons. The van der Waals surface area contributed by atoms with Crippen LogP contribution in [-0.2, 0) is 15.6 Å². The highest BCUT2D eigenvalue weighted by molar-refractivity contribution is 7.84. The molecule has 3 unspecified atom stereocenters. The van der Waals surface area contributed by atoms with Gasteiger partial charge in [-0.05, 0) is 25.3 Å². The SMILES string of the molecule is CC1CCCNC1CC(=O)NCCS(C)=O. The minimum absolute atomic E-state index is 0.0664. The number of nitrogens with one attached hydrogen (secondary N) is 2. The molecule has 0 saturated carbocycles. The van der Waals surface area contributed by atoms with E-state index >= 15 is 0 Å². The van der Waals surface area contributed by atoms with E-state index in [1.807, 2.05) is 0 Å². The summed E-state index contributed by atoms with van der Waals surface area (Å²) in [5, 5.41) is 6.19. The zero-order valence-electron chi connectivity index (χ0n) is 10.1. The molecule has 1 fully saturated rings. The lowest BCUT2D eigenvalue weighted by Gasteiger charge is -2.29. The lowest BCUT2D eigenvalue weighted by Crippen LogP contribution is -2.43. The van der Waals surface area contributed by atoms with Crippen molar-refractivity contribution < 1.29 is 9.00 Å². The normalized spacial score (nSPS) is 27.4. The molecule has 0 aromatic carbocycles. The first-order chi connectivity index (χ1) is 7.59. The van der Waals surface area contributed by atoms with Crippen molar-refractivity contribution in [3.63, 3.8) is 0 Å². The molecule has 1 aliphatic heterocycles. The number of piperidine rings is 1. The topological polar surface area (TPSA) is 58.2 Å². The highest BCUT2D eigenvalue weighted by Crippen LogP contribution is 2.17. The van der Waals surface area contributed by atoms with Crippen molar-refractivity contribution >= 4 is 16.7 Å². The van der Waals surface area contributed by atoms with Crippen LogP contribution in [-0.4, -0.2) is 41.3 Å². The van der Waals surface area contributed by atoms with Gasteiger partial charge in [-0.1, -0.05) is 6.92 Å². The van der Waals surface area contributed by atoms with E-state index in [1.165, 1.54) is 12.8 Å². The summed E-state index contributed by atoms with van der Waals surface area (Å²) in [6.45, 7) is 3.72. The van der Waals surface area contributed by atoms with Crippen molar-refractivity contribution in [2.24, 2.45) is 5.92 Å². The molecule has 0 spiro atoms. The number of hydrogen-bond acceptors (Lipinski definition) is 3. The summed E-state index contributed by atoms with van der Waals surface area (Å²) in [4.78, 5) is 11.6. The molecule has 2 N–H and O–H groups in total. The Hall–Kier alpha value is -0.420. The van der Waals surface area contributed by atoms with Crippen molar-refractivity contribution in [2.45, 2.75) is 32.2 Å². The molecular weight excluding hydrogens is 224 g/mol. The summed E-state index contributed by atoms with van der Waals surface area (Å²) in [5.41, 5.74) is 0. The van der Waals surface area contributed by atoms with Gasteiger partial charge in [0.2, 0.25) is 5.91 Å². The van der Waals surface area contributed by atoms with Crippen LogP contribution in [0.4, 0.5) is 0 Å². The number of rotatable bonds is 5. The molecule has 5 heteroatoms. The van der Waals surface area contributed by atoms with E-state index in [-0.39, 0.29) is 5.91 Å². The predicted molar refractivity (Wildman–Crippen MR) is 66.7 cm³/mol. The monoisotopic (exact) mass is 246 g/mol. The van der Waals surface area contributed by atoms with Crippen LogP contribution in [0.15, 0.2) is 0 Å². The maximum atomic E-state index is 11.6. The summed E-state index contributed by atoms with van der Waals surface area (Å²) < 4.78 is 10.8. The molecule has 3 atom stereocenters. The van der Waals surface area contributed by atoms with Gasteiger partial charge in [0.05, 0.1) is 0 Å². The Labute approximate surface area is 100 Å². The quantitative estimate of drug-likeness (QED) is 0.731. The largest absolute Gasteiger partial charge is 0.355 e. The number of carbonyl (C=O) groups excluding carboxylic acids is 1. The standard InChI is InChI=1S/C11H22N2O2S/c1-9-4-3-5-12-10(9)8-11(14)13-6-7-16(2)15/h9-10,12H,3-8H2,1-2H3,(H,13,14). The minimum Gasteiger partial charge on any atom is -0.355 e. The number of carbonyl (C=O) groups is 1. The van der Waals surface area contributed by atoms with Gasteiger partial charge in [-0.2, -0.15) is 0 Å². The fourth-order valence-corrected chi connectivity index (χ4v) is 2.38. The maximum absolute atomic E-state index is 11.6.